The zero-order chi connectivity index (χ0) is 19.6. The van der Waals surface area contributed by atoms with Gasteiger partial charge in [0.15, 0.2) is 17.3 Å². The van der Waals surface area contributed by atoms with Gasteiger partial charge in [0.25, 0.3) is 0 Å². The third kappa shape index (κ3) is 3.39. The van der Waals surface area contributed by atoms with E-state index in [9.17, 15) is 4.79 Å². The normalized spacial score (nSPS) is 15.6. The van der Waals surface area contributed by atoms with E-state index in [0.29, 0.717) is 40.7 Å². The van der Waals surface area contributed by atoms with E-state index in [1.54, 1.807) is 26.4 Å². The van der Waals surface area contributed by atoms with Crippen molar-refractivity contribution in [3.05, 3.63) is 41.0 Å². The van der Waals surface area contributed by atoms with Crippen LogP contribution in [0.2, 0.25) is 0 Å². The Kier molecular flexibility index (Phi) is 5.44. The molecule has 2 aromatic carbocycles. The van der Waals surface area contributed by atoms with Gasteiger partial charge in [0.05, 0.1) is 39.7 Å². The topological polar surface area (TPSA) is 80.0 Å². The van der Waals surface area contributed by atoms with Crippen molar-refractivity contribution in [3.8, 4) is 23.0 Å². The van der Waals surface area contributed by atoms with E-state index in [0.717, 1.165) is 18.4 Å². The molecule has 1 aliphatic rings. The number of hydrogen-bond donors (Lipinski definition) is 1. The van der Waals surface area contributed by atoms with E-state index in [4.69, 9.17) is 24.7 Å². The molecule has 1 atom stereocenters. The molecule has 6 nitrogen and oxygen atoms in total. The second-order valence-electron chi connectivity index (χ2n) is 6.55. The first-order valence-corrected chi connectivity index (χ1v) is 8.82. The van der Waals surface area contributed by atoms with Gasteiger partial charge in [0.2, 0.25) is 5.75 Å². The molecular formula is C21H25NO5. The van der Waals surface area contributed by atoms with Crippen molar-refractivity contribution in [1.82, 2.24) is 0 Å². The minimum absolute atomic E-state index is 0.0350. The Bertz CT molecular complexity index is 862. The van der Waals surface area contributed by atoms with Crippen LogP contribution in [0.5, 0.6) is 23.0 Å². The summed E-state index contributed by atoms with van der Waals surface area (Å²) in [6, 6.07) is 7.36. The van der Waals surface area contributed by atoms with Crippen molar-refractivity contribution in [2.45, 2.75) is 19.3 Å². The van der Waals surface area contributed by atoms with Crippen molar-refractivity contribution in [2.24, 2.45) is 5.92 Å². The van der Waals surface area contributed by atoms with Gasteiger partial charge >= 0.3 is 0 Å². The van der Waals surface area contributed by atoms with Crippen LogP contribution in [0.3, 0.4) is 0 Å². The van der Waals surface area contributed by atoms with Gasteiger partial charge in [-0.05, 0) is 54.7 Å². The number of nitrogen functional groups attached to an aromatic ring is 1. The van der Waals surface area contributed by atoms with E-state index in [1.807, 2.05) is 12.1 Å². The van der Waals surface area contributed by atoms with Gasteiger partial charge in [-0.25, -0.2) is 0 Å². The summed E-state index contributed by atoms with van der Waals surface area (Å²) in [5, 5.41) is 0. The maximum atomic E-state index is 13.2. The second kappa shape index (κ2) is 7.78. The Morgan fingerprint density at radius 3 is 2.26 bits per heavy atom. The first kappa shape index (κ1) is 18.9. The number of benzene rings is 2. The van der Waals surface area contributed by atoms with Crippen molar-refractivity contribution < 1.29 is 23.7 Å². The Labute approximate surface area is 159 Å². The van der Waals surface area contributed by atoms with Crippen LogP contribution in [0.15, 0.2) is 24.3 Å². The monoisotopic (exact) mass is 371 g/mol. The molecule has 0 bridgehead atoms. The van der Waals surface area contributed by atoms with Crippen LogP contribution in [-0.4, -0.2) is 34.2 Å². The molecule has 0 radical (unpaired) electrons. The summed E-state index contributed by atoms with van der Waals surface area (Å²) in [7, 11) is 6.21. The molecule has 1 aliphatic carbocycles. The Hall–Kier alpha value is -2.89. The fourth-order valence-corrected chi connectivity index (χ4v) is 3.72. The maximum Gasteiger partial charge on any atom is 0.204 e. The lowest BCUT2D eigenvalue weighted by Crippen LogP contribution is -2.23. The standard InChI is InChI=1S/C21H25NO5/c1-24-17-8-7-15(20(26-3)21(17)27-4)19(23)13-6-5-12-11-18(25-2)16(22)10-14(12)9-13/h7-8,10-11,13H,5-6,9,22H2,1-4H3. The highest BCUT2D eigenvalue weighted by Gasteiger charge is 2.30. The third-order valence-corrected chi connectivity index (χ3v) is 5.12. The molecule has 144 valence electrons. The molecule has 0 aliphatic heterocycles. The molecule has 2 aromatic rings. The molecule has 0 heterocycles. The fourth-order valence-electron chi connectivity index (χ4n) is 3.72. The van der Waals surface area contributed by atoms with Crippen LogP contribution in [0.25, 0.3) is 0 Å². The van der Waals surface area contributed by atoms with Crippen LogP contribution in [0, 0.1) is 5.92 Å². The molecule has 0 saturated carbocycles. The van der Waals surface area contributed by atoms with Gasteiger partial charge in [-0.3, -0.25) is 4.79 Å². The van der Waals surface area contributed by atoms with Crippen LogP contribution in [0.1, 0.15) is 27.9 Å². The zero-order valence-corrected chi connectivity index (χ0v) is 16.1. The molecule has 6 heteroatoms. The minimum atomic E-state index is -0.141. The average molecular weight is 371 g/mol. The van der Waals surface area contributed by atoms with E-state index < -0.39 is 0 Å². The van der Waals surface area contributed by atoms with Crippen LogP contribution in [-0.2, 0) is 12.8 Å². The summed E-state index contributed by atoms with van der Waals surface area (Å²) in [4.78, 5) is 13.2. The van der Waals surface area contributed by atoms with E-state index in [-0.39, 0.29) is 11.7 Å². The van der Waals surface area contributed by atoms with E-state index in [2.05, 4.69) is 0 Å². The minimum Gasteiger partial charge on any atom is -0.495 e. The van der Waals surface area contributed by atoms with Crippen molar-refractivity contribution in [3.63, 3.8) is 0 Å². The quantitative estimate of drug-likeness (QED) is 0.620. The molecule has 0 saturated heterocycles. The van der Waals surface area contributed by atoms with Crippen LogP contribution in [0.4, 0.5) is 5.69 Å². The van der Waals surface area contributed by atoms with E-state index in [1.165, 1.54) is 19.8 Å². The van der Waals surface area contributed by atoms with Crippen molar-refractivity contribution in [1.29, 1.82) is 0 Å². The lowest BCUT2D eigenvalue weighted by atomic mass is 9.79. The molecular weight excluding hydrogens is 346 g/mol. The lowest BCUT2D eigenvalue weighted by Gasteiger charge is -2.25. The molecule has 0 spiro atoms. The summed E-state index contributed by atoms with van der Waals surface area (Å²) >= 11 is 0. The largest absolute Gasteiger partial charge is 0.495 e. The predicted molar refractivity (Wildman–Crippen MR) is 103 cm³/mol. The van der Waals surface area contributed by atoms with Gasteiger partial charge in [0.1, 0.15) is 5.75 Å². The second-order valence-corrected chi connectivity index (χ2v) is 6.55. The van der Waals surface area contributed by atoms with Crippen molar-refractivity contribution in [2.75, 3.05) is 34.2 Å². The smallest absolute Gasteiger partial charge is 0.204 e. The lowest BCUT2D eigenvalue weighted by molar-refractivity contribution is 0.0905. The first-order chi connectivity index (χ1) is 13.0. The number of anilines is 1. The fraction of sp³-hybridized carbons (Fsp3) is 0.381. The predicted octanol–water partition coefficient (Wildman–Crippen LogP) is 3.29. The molecule has 0 amide bonds. The number of carbonyl (C=O) groups excluding carboxylic acids is 1. The number of Topliss-reactive ketones (excluding diaryl/α,β-unsaturated/α-hetero) is 1. The maximum absolute atomic E-state index is 13.2. The Morgan fingerprint density at radius 2 is 1.63 bits per heavy atom. The summed E-state index contributed by atoms with van der Waals surface area (Å²) in [6.07, 6.45) is 2.20. The summed E-state index contributed by atoms with van der Waals surface area (Å²) in [6.45, 7) is 0. The Balaban J connectivity index is 1.93. The third-order valence-electron chi connectivity index (χ3n) is 5.12. The molecule has 1 unspecified atom stereocenters. The number of aryl methyl sites for hydroxylation is 1. The van der Waals surface area contributed by atoms with Gasteiger partial charge in [-0.2, -0.15) is 0 Å². The van der Waals surface area contributed by atoms with Crippen LogP contribution >= 0.6 is 0 Å². The van der Waals surface area contributed by atoms with Gasteiger partial charge < -0.3 is 24.7 Å². The number of fused-ring (bicyclic) bond motifs is 1. The highest BCUT2D eigenvalue weighted by Crippen LogP contribution is 2.42. The molecule has 0 aromatic heterocycles. The SMILES string of the molecule is COc1cc2c(cc1N)CC(C(=O)c1ccc(OC)c(OC)c1OC)CC2. The highest BCUT2D eigenvalue weighted by molar-refractivity contribution is 6.01. The summed E-state index contributed by atoms with van der Waals surface area (Å²) < 4.78 is 21.5. The molecule has 0 fully saturated rings. The van der Waals surface area contributed by atoms with Gasteiger partial charge in [0, 0.05) is 5.92 Å². The van der Waals surface area contributed by atoms with Gasteiger partial charge in [-0.1, -0.05) is 0 Å². The number of carbonyl (C=O) groups is 1. The zero-order valence-electron chi connectivity index (χ0n) is 16.1. The van der Waals surface area contributed by atoms with E-state index >= 15 is 0 Å². The number of rotatable bonds is 6. The highest BCUT2D eigenvalue weighted by atomic mass is 16.5. The van der Waals surface area contributed by atoms with Gasteiger partial charge in [-0.15, -0.1) is 0 Å². The number of hydrogen-bond acceptors (Lipinski definition) is 6. The summed E-state index contributed by atoms with van der Waals surface area (Å²) in [5.74, 6) is 1.93. The molecule has 2 N–H and O–H groups in total. The van der Waals surface area contributed by atoms with Crippen molar-refractivity contribution >= 4 is 11.5 Å². The average Bonchev–Trinajstić information content (AvgIpc) is 2.70. The number of ether oxygens (including phenoxy) is 4. The van der Waals surface area contributed by atoms with Crippen LogP contribution < -0.4 is 24.7 Å². The number of ketones is 1. The summed E-state index contributed by atoms with van der Waals surface area (Å²) in [5.41, 5.74) is 9.42. The first-order valence-electron chi connectivity index (χ1n) is 8.82. The molecule has 27 heavy (non-hydrogen) atoms. The Morgan fingerprint density at radius 1 is 0.926 bits per heavy atom. The number of nitrogens with two attached hydrogens (primary N) is 1. The molecule has 3 rings (SSSR count). The number of methoxy groups -OCH3 is 4.